The van der Waals surface area contributed by atoms with Gasteiger partial charge in [0.2, 0.25) is 5.88 Å². The summed E-state index contributed by atoms with van der Waals surface area (Å²) >= 11 is 0. The highest BCUT2D eigenvalue weighted by atomic mass is 16.5. The van der Waals surface area contributed by atoms with Gasteiger partial charge in [-0.1, -0.05) is 6.07 Å². The Morgan fingerprint density at radius 3 is 2.71 bits per heavy atom. The molecule has 1 aliphatic rings. The molecule has 11 heteroatoms. The second-order valence-corrected chi connectivity index (χ2v) is 9.91. The molecule has 0 aliphatic carbocycles. The van der Waals surface area contributed by atoms with Gasteiger partial charge >= 0.3 is 5.69 Å². The van der Waals surface area contributed by atoms with Crippen LogP contribution >= 0.6 is 0 Å². The number of imidazole rings is 1. The first kappa shape index (κ1) is 22.8. The molecule has 194 valence electrons. The average molecular weight is 513 g/mol. The summed E-state index contributed by atoms with van der Waals surface area (Å²) < 4.78 is 18.5. The van der Waals surface area contributed by atoms with Gasteiger partial charge in [-0.15, -0.1) is 5.10 Å². The summed E-state index contributed by atoms with van der Waals surface area (Å²) in [5, 5.41) is 10.9. The number of aryl methyl sites for hydroxylation is 3. The molecule has 1 aromatic carbocycles. The van der Waals surface area contributed by atoms with Crippen molar-refractivity contribution < 1.29 is 9.47 Å². The van der Waals surface area contributed by atoms with E-state index in [1.807, 2.05) is 42.8 Å². The number of hydrogen-bond acceptors (Lipinski definition) is 6. The zero-order chi connectivity index (χ0) is 26.1. The molecule has 1 aliphatic heterocycles. The maximum absolute atomic E-state index is 13.6. The van der Waals surface area contributed by atoms with Gasteiger partial charge in [0.25, 0.3) is 0 Å². The zero-order valence-corrected chi connectivity index (χ0v) is 21.7. The van der Waals surface area contributed by atoms with Crippen LogP contribution in [0.3, 0.4) is 0 Å². The molecule has 0 bridgehead atoms. The molecule has 7 rings (SSSR count). The molecule has 0 amide bonds. The average Bonchev–Trinajstić information content (AvgIpc) is 3.67. The normalized spacial score (nSPS) is 14.8. The van der Waals surface area contributed by atoms with Crippen LogP contribution in [0.1, 0.15) is 18.9 Å². The second-order valence-electron chi connectivity index (χ2n) is 9.91. The van der Waals surface area contributed by atoms with Gasteiger partial charge in [0.1, 0.15) is 5.65 Å². The first-order valence-electron chi connectivity index (χ1n) is 12.7. The quantitative estimate of drug-likeness (QED) is 0.387. The molecule has 0 spiro atoms. The van der Waals surface area contributed by atoms with Crippen molar-refractivity contribution in [3.8, 4) is 28.3 Å². The molecule has 1 fully saturated rings. The maximum Gasteiger partial charge on any atom is 0.329 e. The molecular formula is C27H28N8O3. The molecule has 38 heavy (non-hydrogen) atoms. The third-order valence-corrected chi connectivity index (χ3v) is 7.72. The van der Waals surface area contributed by atoms with E-state index in [0.717, 1.165) is 62.5 Å². The Bertz CT molecular complexity index is 1910. The summed E-state index contributed by atoms with van der Waals surface area (Å²) in [5.74, 6) is 0.508. The second kappa shape index (κ2) is 8.32. The Morgan fingerprint density at radius 2 is 1.92 bits per heavy atom. The van der Waals surface area contributed by atoms with E-state index in [1.165, 1.54) is 0 Å². The molecular weight excluding hydrogens is 484 g/mol. The number of nitrogens with one attached hydrogen (secondary N) is 1. The van der Waals surface area contributed by atoms with E-state index in [0.29, 0.717) is 24.7 Å². The smallest absolute Gasteiger partial charge is 0.329 e. The van der Waals surface area contributed by atoms with Crippen LogP contribution in [0, 0.1) is 0 Å². The van der Waals surface area contributed by atoms with Crippen molar-refractivity contribution in [2.75, 3.05) is 20.3 Å². The fourth-order valence-corrected chi connectivity index (χ4v) is 5.86. The lowest BCUT2D eigenvalue weighted by molar-refractivity contribution is 0.0697. The fourth-order valence-electron chi connectivity index (χ4n) is 5.86. The molecule has 0 saturated carbocycles. The Labute approximate surface area is 217 Å². The summed E-state index contributed by atoms with van der Waals surface area (Å²) in [6.07, 6.45) is 7.15. The first-order chi connectivity index (χ1) is 18.5. The van der Waals surface area contributed by atoms with Crippen LogP contribution in [0.15, 0.2) is 41.6 Å². The molecule has 6 heterocycles. The minimum Gasteiger partial charge on any atom is -0.479 e. The van der Waals surface area contributed by atoms with E-state index < -0.39 is 0 Å². The van der Waals surface area contributed by atoms with E-state index in [4.69, 9.17) is 14.5 Å². The number of rotatable bonds is 4. The van der Waals surface area contributed by atoms with E-state index in [9.17, 15) is 4.79 Å². The largest absolute Gasteiger partial charge is 0.479 e. The molecule has 0 atom stereocenters. The van der Waals surface area contributed by atoms with Crippen LogP contribution < -0.4 is 10.4 Å². The van der Waals surface area contributed by atoms with Gasteiger partial charge in [0.15, 0.2) is 0 Å². The van der Waals surface area contributed by atoms with Crippen LogP contribution in [-0.4, -0.2) is 59.0 Å². The maximum atomic E-state index is 13.6. The molecule has 0 unspecified atom stereocenters. The number of methoxy groups -OCH3 is 1. The van der Waals surface area contributed by atoms with Crippen LogP contribution in [0.4, 0.5) is 0 Å². The van der Waals surface area contributed by atoms with Crippen molar-refractivity contribution in [3.05, 3.63) is 47.3 Å². The van der Waals surface area contributed by atoms with E-state index in [2.05, 4.69) is 33.4 Å². The van der Waals surface area contributed by atoms with Gasteiger partial charge in [0, 0.05) is 57.5 Å². The minimum absolute atomic E-state index is 0.0448. The van der Waals surface area contributed by atoms with Gasteiger partial charge in [-0.05, 0) is 30.5 Å². The topological polar surface area (TPSA) is 110 Å². The summed E-state index contributed by atoms with van der Waals surface area (Å²) in [6, 6.07) is 6.35. The van der Waals surface area contributed by atoms with Crippen LogP contribution in [0.25, 0.3) is 55.4 Å². The summed E-state index contributed by atoms with van der Waals surface area (Å²) in [6.45, 7) is 1.27. The van der Waals surface area contributed by atoms with Crippen molar-refractivity contribution in [1.82, 2.24) is 38.7 Å². The molecule has 1 saturated heterocycles. The van der Waals surface area contributed by atoms with E-state index in [1.54, 1.807) is 22.6 Å². The van der Waals surface area contributed by atoms with Crippen LogP contribution in [0.2, 0.25) is 0 Å². The number of nitrogens with zero attached hydrogens (tertiary/aromatic N) is 7. The number of benzene rings is 1. The molecule has 0 radical (unpaired) electrons. The Balaban J connectivity index is 1.63. The van der Waals surface area contributed by atoms with Gasteiger partial charge in [-0.25, -0.2) is 9.78 Å². The van der Waals surface area contributed by atoms with E-state index in [-0.39, 0.29) is 11.7 Å². The van der Waals surface area contributed by atoms with E-state index >= 15 is 0 Å². The number of H-pyrrole nitrogens is 1. The molecule has 11 nitrogen and oxygen atoms in total. The number of pyridine rings is 1. The fraction of sp³-hybridized carbons (Fsp3) is 0.333. The lowest BCUT2D eigenvalue weighted by Gasteiger charge is -2.23. The highest BCUT2D eigenvalue weighted by molar-refractivity contribution is 6.15. The highest BCUT2D eigenvalue weighted by Gasteiger charge is 2.28. The van der Waals surface area contributed by atoms with Gasteiger partial charge in [-0.3, -0.25) is 18.5 Å². The Hall–Kier alpha value is -4.38. The number of aromatic amines is 1. The predicted octanol–water partition coefficient (Wildman–Crippen LogP) is 3.53. The standard InChI is InChI=1S/C27H28N8O3/c1-32-14-18(26(31-32)37-4)23-21(15-5-6-19-16(11-15)12-29-34(19)3)22-24-20(13-28-25(22)30-23)33(2)27(36)35(24)17-7-9-38-10-8-17/h5-6,11-14,17H,7-10H2,1-4H3,(H,28,30). The third-order valence-electron chi connectivity index (χ3n) is 7.72. The lowest BCUT2D eigenvalue weighted by atomic mass is 9.98. The van der Waals surface area contributed by atoms with Crippen LogP contribution in [-0.2, 0) is 25.9 Å². The SMILES string of the molecule is COc1nn(C)cc1-c1[nH]c2ncc3c(c2c1-c1ccc2c(cnn2C)c1)n(C1CCOCC1)c(=O)n3C. The molecule has 6 aromatic rings. The number of aromatic nitrogens is 8. The lowest BCUT2D eigenvalue weighted by Crippen LogP contribution is -2.29. The van der Waals surface area contributed by atoms with Crippen molar-refractivity contribution in [3.63, 3.8) is 0 Å². The minimum atomic E-state index is -0.0448. The predicted molar refractivity (Wildman–Crippen MR) is 144 cm³/mol. The number of ether oxygens (including phenoxy) is 2. The van der Waals surface area contributed by atoms with Crippen molar-refractivity contribution in [1.29, 1.82) is 0 Å². The van der Waals surface area contributed by atoms with Crippen molar-refractivity contribution >= 4 is 33.0 Å². The van der Waals surface area contributed by atoms with Crippen molar-refractivity contribution in [2.45, 2.75) is 18.9 Å². The van der Waals surface area contributed by atoms with Crippen molar-refractivity contribution in [2.24, 2.45) is 21.1 Å². The molecule has 1 N–H and O–H groups in total. The highest BCUT2D eigenvalue weighted by Crippen LogP contribution is 2.44. The number of fused-ring (bicyclic) bond motifs is 4. The monoisotopic (exact) mass is 512 g/mol. The summed E-state index contributed by atoms with van der Waals surface area (Å²) in [4.78, 5) is 22.0. The van der Waals surface area contributed by atoms with Crippen LogP contribution in [0.5, 0.6) is 5.88 Å². The summed E-state index contributed by atoms with van der Waals surface area (Å²) in [5.41, 5.74) is 6.95. The first-order valence-corrected chi connectivity index (χ1v) is 12.7. The Morgan fingerprint density at radius 1 is 1.11 bits per heavy atom. The molecule has 5 aromatic heterocycles. The Kier molecular flexibility index (Phi) is 4.99. The van der Waals surface area contributed by atoms with Gasteiger partial charge in [-0.2, -0.15) is 5.10 Å². The van der Waals surface area contributed by atoms with Gasteiger partial charge in [0.05, 0.1) is 52.7 Å². The summed E-state index contributed by atoms with van der Waals surface area (Å²) in [7, 11) is 7.23. The number of hydrogen-bond donors (Lipinski definition) is 1. The zero-order valence-electron chi connectivity index (χ0n) is 21.7. The third kappa shape index (κ3) is 3.18. The van der Waals surface area contributed by atoms with Gasteiger partial charge < -0.3 is 14.5 Å².